The minimum absolute atomic E-state index is 0.817. The highest BCUT2D eigenvalue weighted by atomic mass is 32.2. The van der Waals surface area contributed by atoms with Gasteiger partial charge < -0.3 is 10.6 Å². The lowest BCUT2D eigenvalue weighted by Gasteiger charge is -2.34. The molecule has 0 aromatic rings. The van der Waals surface area contributed by atoms with Crippen molar-refractivity contribution in [2.75, 3.05) is 26.2 Å². The number of thioether (sulfide) groups is 1. The summed E-state index contributed by atoms with van der Waals surface area (Å²) in [6.45, 7) is 9.41. The predicted molar refractivity (Wildman–Crippen MR) is 70.5 cm³/mol. The van der Waals surface area contributed by atoms with Crippen LogP contribution in [0.15, 0.2) is 0 Å². The first-order valence-corrected chi connectivity index (χ1v) is 7.24. The second-order valence-corrected chi connectivity index (χ2v) is 6.60. The first-order chi connectivity index (χ1) is 7.22. The molecule has 0 spiro atoms. The fourth-order valence-electron chi connectivity index (χ4n) is 2.30. The Hall–Kier alpha value is 0.270. The van der Waals surface area contributed by atoms with Crippen molar-refractivity contribution in [3.63, 3.8) is 0 Å². The second-order valence-electron chi connectivity index (χ2n) is 4.72. The van der Waals surface area contributed by atoms with Crippen LogP contribution in [0.2, 0.25) is 0 Å². The fourth-order valence-corrected chi connectivity index (χ4v) is 3.69. The van der Waals surface area contributed by atoms with Gasteiger partial charge in [0.15, 0.2) is 0 Å². The predicted octanol–water partition coefficient (Wildman–Crippen LogP) is 2.33. The Kier molecular flexibility index (Phi) is 6.69. The van der Waals surface area contributed by atoms with Gasteiger partial charge in [0.1, 0.15) is 0 Å². The maximum absolute atomic E-state index is 5.48. The average Bonchev–Trinajstić information content (AvgIpc) is 2.16. The van der Waals surface area contributed by atoms with E-state index in [0.717, 1.165) is 17.0 Å². The maximum atomic E-state index is 5.48. The van der Waals surface area contributed by atoms with Crippen molar-refractivity contribution in [1.29, 1.82) is 0 Å². The van der Waals surface area contributed by atoms with E-state index in [0.29, 0.717) is 0 Å². The van der Waals surface area contributed by atoms with Crippen LogP contribution in [-0.2, 0) is 0 Å². The van der Waals surface area contributed by atoms with Gasteiger partial charge in [0.25, 0.3) is 0 Å². The summed E-state index contributed by atoms with van der Waals surface area (Å²) in [6, 6.07) is 0. The van der Waals surface area contributed by atoms with Crippen LogP contribution in [0.5, 0.6) is 0 Å². The third kappa shape index (κ3) is 5.79. The number of hydrogen-bond donors (Lipinski definition) is 1. The Morgan fingerprint density at radius 3 is 2.27 bits per heavy atom. The highest BCUT2D eigenvalue weighted by molar-refractivity contribution is 8.00. The van der Waals surface area contributed by atoms with Gasteiger partial charge >= 0.3 is 0 Å². The summed E-state index contributed by atoms with van der Waals surface area (Å²) in [5, 5.41) is 1.63. The molecule has 1 fully saturated rings. The molecule has 2 N–H and O–H groups in total. The van der Waals surface area contributed by atoms with E-state index < -0.39 is 0 Å². The molecule has 0 bridgehead atoms. The normalized spacial score (nSPS) is 28.2. The Morgan fingerprint density at radius 2 is 1.67 bits per heavy atom. The molecule has 2 unspecified atom stereocenters. The smallest absolute Gasteiger partial charge is 0.0149 e. The summed E-state index contributed by atoms with van der Waals surface area (Å²) in [7, 11) is 0. The van der Waals surface area contributed by atoms with Crippen molar-refractivity contribution in [3.8, 4) is 0 Å². The zero-order valence-corrected chi connectivity index (χ0v) is 11.1. The lowest BCUT2D eigenvalue weighted by Crippen LogP contribution is -2.40. The van der Waals surface area contributed by atoms with Crippen molar-refractivity contribution >= 4 is 11.8 Å². The molecular weight excluding hydrogens is 204 g/mol. The SMILES string of the molecule is CC1CN(CCCCCCN)CC(C)S1. The van der Waals surface area contributed by atoms with Crippen LogP contribution in [0.1, 0.15) is 39.5 Å². The van der Waals surface area contributed by atoms with Crippen LogP contribution >= 0.6 is 11.8 Å². The fraction of sp³-hybridized carbons (Fsp3) is 1.00. The number of nitrogens with two attached hydrogens (primary N) is 1. The van der Waals surface area contributed by atoms with Crippen molar-refractivity contribution in [2.24, 2.45) is 5.73 Å². The minimum Gasteiger partial charge on any atom is -0.330 e. The van der Waals surface area contributed by atoms with E-state index in [-0.39, 0.29) is 0 Å². The summed E-state index contributed by atoms with van der Waals surface area (Å²) in [5.74, 6) is 0. The molecule has 0 aliphatic carbocycles. The lowest BCUT2D eigenvalue weighted by atomic mass is 10.2. The topological polar surface area (TPSA) is 29.3 Å². The number of unbranched alkanes of at least 4 members (excludes halogenated alkanes) is 3. The molecule has 1 heterocycles. The van der Waals surface area contributed by atoms with E-state index in [9.17, 15) is 0 Å². The van der Waals surface area contributed by atoms with Crippen molar-refractivity contribution in [2.45, 2.75) is 50.0 Å². The Balaban J connectivity index is 2.04. The molecule has 1 rings (SSSR count). The summed E-state index contributed by atoms with van der Waals surface area (Å²) in [5.41, 5.74) is 5.48. The van der Waals surface area contributed by atoms with Crippen LogP contribution in [0.25, 0.3) is 0 Å². The Morgan fingerprint density at radius 1 is 1.07 bits per heavy atom. The molecule has 1 saturated heterocycles. The molecular formula is C12H26N2S. The Labute approximate surface area is 99.0 Å². The average molecular weight is 230 g/mol. The van der Waals surface area contributed by atoms with Crippen molar-refractivity contribution < 1.29 is 0 Å². The van der Waals surface area contributed by atoms with Crippen LogP contribution < -0.4 is 5.73 Å². The van der Waals surface area contributed by atoms with E-state index in [2.05, 4.69) is 30.5 Å². The molecule has 90 valence electrons. The van der Waals surface area contributed by atoms with Gasteiger partial charge in [0.2, 0.25) is 0 Å². The van der Waals surface area contributed by atoms with Gasteiger partial charge in [-0.3, -0.25) is 0 Å². The molecule has 0 saturated carbocycles. The summed E-state index contributed by atoms with van der Waals surface area (Å²) in [6.07, 6.45) is 5.21. The van der Waals surface area contributed by atoms with Gasteiger partial charge in [-0.05, 0) is 25.9 Å². The molecule has 0 aromatic carbocycles. The molecule has 2 atom stereocenters. The molecule has 1 aliphatic heterocycles. The van der Waals surface area contributed by atoms with Crippen LogP contribution in [0.3, 0.4) is 0 Å². The van der Waals surface area contributed by atoms with Crippen LogP contribution in [-0.4, -0.2) is 41.6 Å². The lowest BCUT2D eigenvalue weighted by molar-refractivity contribution is 0.264. The highest BCUT2D eigenvalue weighted by Crippen LogP contribution is 2.24. The zero-order chi connectivity index (χ0) is 11.1. The van der Waals surface area contributed by atoms with Crippen molar-refractivity contribution in [1.82, 2.24) is 4.90 Å². The molecule has 15 heavy (non-hydrogen) atoms. The third-order valence-electron chi connectivity index (χ3n) is 2.92. The molecule has 1 aliphatic rings. The van der Waals surface area contributed by atoms with Crippen LogP contribution in [0, 0.1) is 0 Å². The summed E-state index contributed by atoms with van der Waals surface area (Å²) in [4.78, 5) is 2.63. The van der Waals surface area contributed by atoms with Gasteiger partial charge in [-0.2, -0.15) is 11.8 Å². The van der Waals surface area contributed by atoms with Gasteiger partial charge in [0.05, 0.1) is 0 Å². The maximum Gasteiger partial charge on any atom is 0.0149 e. The van der Waals surface area contributed by atoms with E-state index in [1.54, 1.807) is 0 Å². The van der Waals surface area contributed by atoms with E-state index in [1.807, 2.05) is 0 Å². The number of rotatable bonds is 6. The molecule has 0 amide bonds. The summed E-state index contributed by atoms with van der Waals surface area (Å²) < 4.78 is 0. The largest absolute Gasteiger partial charge is 0.330 e. The third-order valence-corrected chi connectivity index (χ3v) is 4.15. The minimum atomic E-state index is 0.817. The number of nitrogens with zero attached hydrogens (tertiary/aromatic N) is 1. The van der Waals surface area contributed by atoms with E-state index in [4.69, 9.17) is 5.73 Å². The Bertz CT molecular complexity index is 154. The highest BCUT2D eigenvalue weighted by Gasteiger charge is 2.21. The van der Waals surface area contributed by atoms with Gasteiger partial charge in [-0.25, -0.2) is 0 Å². The molecule has 0 radical (unpaired) electrons. The molecule has 0 aromatic heterocycles. The van der Waals surface area contributed by atoms with Crippen molar-refractivity contribution in [3.05, 3.63) is 0 Å². The van der Waals surface area contributed by atoms with Crippen LogP contribution in [0.4, 0.5) is 0 Å². The molecule has 3 heteroatoms. The molecule has 2 nitrogen and oxygen atoms in total. The summed E-state index contributed by atoms with van der Waals surface area (Å²) >= 11 is 2.13. The quantitative estimate of drug-likeness (QED) is 0.710. The van der Waals surface area contributed by atoms with Gasteiger partial charge in [-0.1, -0.05) is 26.7 Å². The monoisotopic (exact) mass is 230 g/mol. The van der Waals surface area contributed by atoms with Gasteiger partial charge in [-0.15, -0.1) is 0 Å². The first kappa shape index (κ1) is 13.3. The second kappa shape index (κ2) is 7.53. The number of hydrogen-bond acceptors (Lipinski definition) is 3. The van der Waals surface area contributed by atoms with Gasteiger partial charge in [0, 0.05) is 23.6 Å². The van der Waals surface area contributed by atoms with E-state index in [1.165, 1.54) is 45.3 Å². The standard InChI is InChI=1S/C12H26N2S/c1-11-9-14(10-12(2)15-11)8-6-4-3-5-7-13/h11-12H,3-10,13H2,1-2H3. The zero-order valence-electron chi connectivity index (χ0n) is 10.2. The first-order valence-electron chi connectivity index (χ1n) is 6.30. The van der Waals surface area contributed by atoms with E-state index >= 15 is 0 Å².